The first-order valence-corrected chi connectivity index (χ1v) is 8.98. The van der Waals surface area contributed by atoms with Gasteiger partial charge in [-0.3, -0.25) is 4.98 Å². The molecular weight excluding hydrogens is 314 g/mol. The normalized spacial score (nSPS) is 11.5. The van der Waals surface area contributed by atoms with Gasteiger partial charge in [-0.2, -0.15) is 0 Å². The van der Waals surface area contributed by atoms with Crippen molar-refractivity contribution in [1.82, 2.24) is 4.98 Å². The molecule has 0 bridgehead atoms. The van der Waals surface area contributed by atoms with Gasteiger partial charge in [0, 0.05) is 17.1 Å². The van der Waals surface area contributed by atoms with Crippen molar-refractivity contribution in [3.63, 3.8) is 0 Å². The van der Waals surface area contributed by atoms with Crippen molar-refractivity contribution < 1.29 is 0 Å². The van der Waals surface area contributed by atoms with Gasteiger partial charge in [-0.25, -0.2) is 0 Å². The van der Waals surface area contributed by atoms with Crippen LogP contribution in [0.5, 0.6) is 0 Å². The van der Waals surface area contributed by atoms with E-state index in [0.29, 0.717) is 0 Å². The highest BCUT2D eigenvalue weighted by Crippen LogP contribution is 2.35. The molecule has 0 aliphatic carbocycles. The summed E-state index contributed by atoms with van der Waals surface area (Å²) in [6.45, 7) is 4.28. The Balaban J connectivity index is 1.88. The van der Waals surface area contributed by atoms with Crippen molar-refractivity contribution in [3.05, 3.63) is 90.1 Å². The summed E-state index contributed by atoms with van der Waals surface area (Å²) in [5.41, 5.74) is 4.77. The minimum Gasteiger partial charge on any atom is -0.256 e. The fourth-order valence-corrected chi connectivity index (χ4v) is 3.94. The zero-order chi connectivity index (χ0) is 17.7. The molecule has 1 aromatic heterocycles. The smallest absolute Gasteiger partial charge is 0.0780 e. The second-order valence-corrected chi connectivity index (χ2v) is 7.07. The molecule has 0 saturated heterocycles. The third-order valence-electron chi connectivity index (χ3n) is 5.21. The maximum atomic E-state index is 4.70. The van der Waals surface area contributed by atoms with Crippen molar-refractivity contribution in [1.29, 1.82) is 0 Å². The van der Waals surface area contributed by atoms with Gasteiger partial charge in [-0.15, -0.1) is 0 Å². The van der Waals surface area contributed by atoms with E-state index in [9.17, 15) is 0 Å². The van der Waals surface area contributed by atoms with E-state index in [4.69, 9.17) is 4.98 Å². The Morgan fingerprint density at radius 3 is 2.15 bits per heavy atom. The third-order valence-corrected chi connectivity index (χ3v) is 5.21. The summed E-state index contributed by atoms with van der Waals surface area (Å²) < 4.78 is 0. The van der Waals surface area contributed by atoms with E-state index in [2.05, 4.69) is 86.6 Å². The second kappa shape index (κ2) is 5.67. The second-order valence-electron chi connectivity index (χ2n) is 7.07. The average molecular weight is 333 g/mol. The summed E-state index contributed by atoms with van der Waals surface area (Å²) in [6.07, 6.45) is 1.93. The molecule has 1 nitrogen and oxygen atoms in total. The maximum absolute atomic E-state index is 4.70. The van der Waals surface area contributed by atoms with Gasteiger partial charge >= 0.3 is 0 Å². The molecule has 0 spiro atoms. The monoisotopic (exact) mass is 333 g/mol. The molecule has 0 radical (unpaired) electrons. The minimum atomic E-state index is 1.05. The van der Waals surface area contributed by atoms with Crippen LogP contribution >= 0.6 is 0 Å². The highest BCUT2D eigenvalue weighted by molar-refractivity contribution is 6.18. The number of nitrogens with zero attached hydrogens (tertiary/aromatic N) is 1. The molecule has 0 atom stereocenters. The SMILES string of the molecule is Cc1cccc(-c2nccc3c2ccc2c4cc(C)ccc4ccc32)c1. The van der Waals surface area contributed by atoms with Crippen molar-refractivity contribution in [2.45, 2.75) is 13.8 Å². The third kappa shape index (κ3) is 2.28. The lowest BCUT2D eigenvalue weighted by atomic mass is 9.94. The van der Waals surface area contributed by atoms with E-state index < -0.39 is 0 Å². The molecule has 0 amide bonds. The van der Waals surface area contributed by atoms with Crippen LogP contribution in [-0.2, 0) is 0 Å². The summed E-state index contributed by atoms with van der Waals surface area (Å²) in [7, 11) is 0. The minimum absolute atomic E-state index is 1.05. The van der Waals surface area contributed by atoms with Crippen LogP contribution in [0.4, 0.5) is 0 Å². The molecule has 1 heteroatoms. The number of hydrogen-bond acceptors (Lipinski definition) is 1. The van der Waals surface area contributed by atoms with Gasteiger partial charge in [-0.1, -0.05) is 71.8 Å². The quantitative estimate of drug-likeness (QED) is 0.306. The first kappa shape index (κ1) is 15.1. The first-order chi connectivity index (χ1) is 12.7. The maximum Gasteiger partial charge on any atom is 0.0780 e. The number of fused-ring (bicyclic) bond motifs is 5. The van der Waals surface area contributed by atoms with E-state index >= 15 is 0 Å². The zero-order valence-electron chi connectivity index (χ0n) is 15.0. The van der Waals surface area contributed by atoms with Gasteiger partial charge in [0.25, 0.3) is 0 Å². The van der Waals surface area contributed by atoms with E-state index in [1.54, 1.807) is 0 Å². The highest BCUT2D eigenvalue weighted by atomic mass is 14.7. The van der Waals surface area contributed by atoms with Crippen molar-refractivity contribution in [2.24, 2.45) is 0 Å². The average Bonchev–Trinajstić information content (AvgIpc) is 2.67. The number of aryl methyl sites for hydroxylation is 2. The molecule has 0 N–H and O–H groups in total. The van der Waals surface area contributed by atoms with E-state index in [1.807, 2.05) is 6.20 Å². The molecule has 124 valence electrons. The molecule has 1 heterocycles. The number of aromatic nitrogens is 1. The molecule has 0 saturated carbocycles. The Hall–Kier alpha value is -3.19. The standard InChI is InChI=1S/C25H19N/c1-16-4-3-5-19(14-16)25-23-11-10-21-20(22(23)12-13-26-25)9-8-18-7-6-17(2)15-24(18)21/h3-15H,1-2H3. The number of benzene rings is 4. The van der Waals surface area contributed by atoms with Crippen LogP contribution in [0.3, 0.4) is 0 Å². The van der Waals surface area contributed by atoms with Gasteiger partial charge in [0.1, 0.15) is 0 Å². The Labute approximate surface area is 152 Å². The van der Waals surface area contributed by atoms with Gasteiger partial charge in [0.2, 0.25) is 0 Å². The molecule has 5 rings (SSSR count). The Bertz CT molecular complexity index is 1300. The molecule has 0 unspecified atom stereocenters. The topological polar surface area (TPSA) is 12.9 Å². The largest absolute Gasteiger partial charge is 0.256 e. The fourth-order valence-electron chi connectivity index (χ4n) is 3.94. The molecule has 4 aromatic carbocycles. The van der Waals surface area contributed by atoms with Crippen LogP contribution < -0.4 is 0 Å². The first-order valence-electron chi connectivity index (χ1n) is 8.98. The molecular formula is C25H19N. The number of pyridine rings is 1. The predicted octanol–water partition coefficient (Wildman–Crippen LogP) is 6.83. The van der Waals surface area contributed by atoms with Crippen LogP contribution in [-0.4, -0.2) is 4.98 Å². The van der Waals surface area contributed by atoms with Crippen LogP contribution in [0.1, 0.15) is 11.1 Å². The lowest BCUT2D eigenvalue weighted by molar-refractivity contribution is 1.35. The molecule has 5 aromatic rings. The van der Waals surface area contributed by atoms with E-state index in [0.717, 1.165) is 5.69 Å². The number of hydrogen-bond donors (Lipinski definition) is 0. The number of rotatable bonds is 1. The van der Waals surface area contributed by atoms with Crippen LogP contribution in [0.25, 0.3) is 43.6 Å². The van der Waals surface area contributed by atoms with Crippen LogP contribution in [0.15, 0.2) is 79.0 Å². The molecule has 0 fully saturated rings. The summed E-state index contributed by atoms with van der Waals surface area (Å²) >= 11 is 0. The summed E-state index contributed by atoms with van der Waals surface area (Å²) in [5.74, 6) is 0. The Kier molecular flexibility index (Phi) is 3.29. The summed E-state index contributed by atoms with van der Waals surface area (Å²) in [6, 6.07) is 26.3. The Morgan fingerprint density at radius 1 is 0.577 bits per heavy atom. The molecule has 26 heavy (non-hydrogen) atoms. The van der Waals surface area contributed by atoms with Gasteiger partial charge in [0.05, 0.1) is 5.69 Å². The molecule has 0 aliphatic rings. The van der Waals surface area contributed by atoms with Crippen LogP contribution in [0.2, 0.25) is 0 Å². The van der Waals surface area contributed by atoms with Crippen molar-refractivity contribution in [2.75, 3.05) is 0 Å². The summed E-state index contributed by atoms with van der Waals surface area (Å²) in [5, 5.41) is 7.67. The van der Waals surface area contributed by atoms with E-state index in [-0.39, 0.29) is 0 Å². The highest BCUT2D eigenvalue weighted by Gasteiger charge is 2.10. The molecule has 0 aliphatic heterocycles. The van der Waals surface area contributed by atoms with Crippen molar-refractivity contribution >= 4 is 32.3 Å². The van der Waals surface area contributed by atoms with Gasteiger partial charge < -0.3 is 0 Å². The zero-order valence-corrected chi connectivity index (χ0v) is 15.0. The van der Waals surface area contributed by atoms with Gasteiger partial charge in [-0.05, 0) is 52.9 Å². The van der Waals surface area contributed by atoms with Gasteiger partial charge in [0.15, 0.2) is 0 Å². The van der Waals surface area contributed by atoms with E-state index in [1.165, 1.54) is 49.0 Å². The predicted molar refractivity (Wildman–Crippen MR) is 112 cm³/mol. The lowest BCUT2D eigenvalue weighted by Crippen LogP contribution is -1.88. The fraction of sp³-hybridized carbons (Fsp3) is 0.0800. The van der Waals surface area contributed by atoms with Crippen molar-refractivity contribution in [3.8, 4) is 11.3 Å². The Morgan fingerprint density at radius 2 is 1.27 bits per heavy atom. The summed E-state index contributed by atoms with van der Waals surface area (Å²) in [4.78, 5) is 4.70. The van der Waals surface area contributed by atoms with Crippen LogP contribution in [0, 0.1) is 13.8 Å². The lowest BCUT2D eigenvalue weighted by Gasteiger charge is -2.11.